The molecule has 0 radical (unpaired) electrons. The van der Waals surface area contributed by atoms with Gasteiger partial charge >= 0.3 is 0 Å². The number of piperidine rings is 1. The molecule has 1 saturated heterocycles. The number of amides is 1. The van der Waals surface area contributed by atoms with Gasteiger partial charge < -0.3 is 15.1 Å². The molecule has 2 aromatic carbocycles. The third-order valence-electron chi connectivity index (χ3n) is 4.40. The SMILES string of the molecule is O=C(NC1CCNCC1)c1cc(Cl)cc2oc(-c3ccccc3)nc12. The normalized spacial score (nSPS) is 15.4. The molecule has 6 heteroatoms. The smallest absolute Gasteiger partial charge is 0.253 e. The molecule has 0 aliphatic carbocycles. The number of aromatic nitrogens is 1. The van der Waals surface area contributed by atoms with E-state index < -0.39 is 0 Å². The van der Waals surface area contributed by atoms with Gasteiger partial charge in [0, 0.05) is 22.7 Å². The van der Waals surface area contributed by atoms with Crippen LogP contribution in [-0.2, 0) is 0 Å². The van der Waals surface area contributed by atoms with Gasteiger partial charge in [-0.15, -0.1) is 0 Å². The summed E-state index contributed by atoms with van der Waals surface area (Å²) >= 11 is 6.19. The van der Waals surface area contributed by atoms with E-state index in [-0.39, 0.29) is 11.9 Å². The summed E-state index contributed by atoms with van der Waals surface area (Å²) in [5.41, 5.74) is 2.36. The van der Waals surface area contributed by atoms with Crippen molar-refractivity contribution < 1.29 is 9.21 Å². The maximum Gasteiger partial charge on any atom is 0.253 e. The summed E-state index contributed by atoms with van der Waals surface area (Å²) in [5, 5.41) is 6.83. The number of rotatable bonds is 3. The lowest BCUT2D eigenvalue weighted by Crippen LogP contribution is -2.42. The molecule has 0 unspecified atom stereocenters. The Morgan fingerprint density at radius 1 is 1.20 bits per heavy atom. The van der Waals surface area contributed by atoms with Crippen LogP contribution in [0.25, 0.3) is 22.6 Å². The molecule has 1 amide bonds. The first-order valence-electron chi connectivity index (χ1n) is 8.38. The predicted molar refractivity (Wildman–Crippen MR) is 97.8 cm³/mol. The fourth-order valence-electron chi connectivity index (χ4n) is 3.10. The van der Waals surface area contributed by atoms with Crippen molar-refractivity contribution in [3.63, 3.8) is 0 Å². The van der Waals surface area contributed by atoms with Crippen LogP contribution in [0.2, 0.25) is 5.02 Å². The Morgan fingerprint density at radius 2 is 1.96 bits per heavy atom. The van der Waals surface area contributed by atoms with Gasteiger partial charge in [0.25, 0.3) is 5.91 Å². The molecule has 0 spiro atoms. The Balaban J connectivity index is 1.70. The van der Waals surface area contributed by atoms with E-state index in [1.807, 2.05) is 30.3 Å². The van der Waals surface area contributed by atoms with Crippen molar-refractivity contribution in [3.05, 3.63) is 53.1 Å². The number of nitrogens with zero attached hydrogens (tertiary/aromatic N) is 1. The minimum Gasteiger partial charge on any atom is -0.436 e. The average Bonchev–Trinajstić information content (AvgIpc) is 3.06. The highest BCUT2D eigenvalue weighted by Crippen LogP contribution is 2.29. The molecule has 1 fully saturated rings. The average molecular weight is 356 g/mol. The van der Waals surface area contributed by atoms with Crippen LogP contribution in [0.15, 0.2) is 46.9 Å². The second kappa shape index (κ2) is 6.86. The quantitative estimate of drug-likeness (QED) is 0.752. The number of fused-ring (bicyclic) bond motifs is 1. The highest BCUT2D eigenvalue weighted by Gasteiger charge is 2.21. The van der Waals surface area contributed by atoms with Gasteiger partial charge in [-0.2, -0.15) is 0 Å². The van der Waals surface area contributed by atoms with Gasteiger partial charge in [0.05, 0.1) is 5.56 Å². The van der Waals surface area contributed by atoms with Crippen molar-refractivity contribution in [2.24, 2.45) is 0 Å². The molecule has 2 N–H and O–H groups in total. The largest absolute Gasteiger partial charge is 0.436 e. The number of nitrogens with one attached hydrogen (secondary N) is 2. The minimum atomic E-state index is -0.160. The van der Waals surface area contributed by atoms with Crippen LogP contribution in [0.4, 0.5) is 0 Å². The maximum absolute atomic E-state index is 12.8. The van der Waals surface area contributed by atoms with Crippen molar-refractivity contribution >= 4 is 28.6 Å². The summed E-state index contributed by atoms with van der Waals surface area (Å²) in [6, 6.07) is 13.1. The standard InChI is InChI=1S/C19H18ClN3O2/c20-13-10-15(18(24)22-14-6-8-21-9-7-14)17-16(11-13)25-19(23-17)12-4-2-1-3-5-12/h1-5,10-11,14,21H,6-9H2,(H,22,24). The number of halogens is 1. The van der Waals surface area contributed by atoms with Crippen molar-refractivity contribution in [2.45, 2.75) is 18.9 Å². The molecule has 1 aromatic heterocycles. The van der Waals surface area contributed by atoms with Crippen LogP contribution in [0, 0.1) is 0 Å². The van der Waals surface area contributed by atoms with Gasteiger partial charge in [-0.1, -0.05) is 29.8 Å². The van der Waals surface area contributed by atoms with Gasteiger partial charge in [0.2, 0.25) is 5.89 Å². The van der Waals surface area contributed by atoms with Crippen LogP contribution in [0.3, 0.4) is 0 Å². The van der Waals surface area contributed by atoms with Gasteiger partial charge in [-0.3, -0.25) is 4.79 Å². The van der Waals surface area contributed by atoms with E-state index in [2.05, 4.69) is 15.6 Å². The van der Waals surface area contributed by atoms with Gasteiger partial charge in [0.15, 0.2) is 5.58 Å². The summed E-state index contributed by atoms with van der Waals surface area (Å²) < 4.78 is 5.83. The fourth-order valence-corrected chi connectivity index (χ4v) is 3.31. The Kier molecular flexibility index (Phi) is 4.42. The van der Waals surface area contributed by atoms with Gasteiger partial charge in [-0.25, -0.2) is 4.98 Å². The van der Waals surface area contributed by atoms with Crippen LogP contribution in [0.5, 0.6) is 0 Å². The first kappa shape index (κ1) is 16.1. The molecule has 4 rings (SSSR count). The zero-order valence-electron chi connectivity index (χ0n) is 13.6. The number of carbonyl (C=O) groups is 1. The van der Waals surface area contributed by atoms with Crippen molar-refractivity contribution in [2.75, 3.05) is 13.1 Å². The summed E-state index contributed by atoms with van der Waals surface area (Å²) in [5.74, 6) is 0.320. The molecule has 1 aliphatic heterocycles. The number of oxazole rings is 1. The van der Waals surface area contributed by atoms with Gasteiger partial charge in [0.1, 0.15) is 5.52 Å². The first-order chi connectivity index (χ1) is 12.2. The lowest BCUT2D eigenvalue weighted by molar-refractivity contribution is 0.0931. The van der Waals surface area contributed by atoms with E-state index in [0.717, 1.165) is 31.5 Å². The summed E-state index contributed by atoms with van der Waals surface area (Å²) in [7, 11) is 0. The van der Waals surface area contributed by atoms with Crippen LogP contribution in [-0.4, -0.2) is 30.0 Å². The van der Waals surface area contributed by atoms with Crippen LogP contribution >= 0.6 is 11.6 Å². The molecular weight excluding hydrogens is 338 g/mol. The van der Waals surface area contributed by atoms with Crippen LogP contribution < -0.4 is 10.6 Å². The third-order valence-corrected chi connectivity index (χ3v) is 4.62. The zero-order valence-corrected chi connectivity index (χ0v) is 14.3. The highest BCUT2D eigenvalue weighted by molar-refractivity contribution is 6.32. The molecule has 3 aromatic rings. The van der Waals surface area contributed by atoms with Crippen molar-refractivity contribution in [1.82, 2.24) is 15.6 Å². The Bertz CT molecular complexity index is 902. The van der Waals surface area contributed by atoms with Gasteiger partial charge in [-0.05, 0) is 44.1 Å². The Hall–Kier alpha value is -2.37. The van der Waals surface area contributed by atoms with E-state index >= 15 is 0 Å². The number of hydrogen-bond donors (Lipinski definition) is 2. The van der Waals surface area contributed by atoms with Crippen LogP contribution in [0.1, 0.15) is 23.2 Å². The molecule has 1 aliphatic rings. The molecule has 2 heterocycles. The Labute approximate surface area is 150 Å². The van der Waals surface area contributed by atoms with E-state index in [1.165, 1.54) is 0 Å². The van der Waals surface area contributed by atoms with E-state index in [4.69, 9.17) is 16.0 Å². The van der Waals surface area contributed by atoms with Crippen molar-refractivity contribution in [3.8, 4) is 11.5 Å². The second-order valence-electron chi connectivity index (χ2n) is 6.18. The summed E-state index contributed by atoms with van der Waals surface area (Å²) in [4.78, 5) is 17.3. The number of benzene rings is 2. The lowest BCUT2D eigenvalue weighted by Gasteiger charge is -2.23. The molecule has 0 saturated carbocycles. The topological polar surface area (TPSA) is 67.2 Å². The molecule has 128 valence electrons. The first-order valence-corrected chi connectivity index (χ1v) is 8.75. The highest BCUT2D eigenvalue weighted by atomic mass is 35.5. The lowest BCUT2D eigenvalue weighted by atomic mass is 10.1. The van der Waals surface area contributed by atoms with E-state index in [9.17, 15) is 4.79 Å². The second-order valence-corrected chi connectivity index (χ2v) is 6.62. The van der Waals surface area contributed by atoms with E-state index in [1.54, 1.807) is 12.1 Å². The summed E-state index contributed by atoms with van der Waals surface area (Å²) in [6.07, 6.45) is 1.84. The summed E-state index contributed by atoms with van der Waals surface area (Å²) in [6.45, 7) is 1.83. The minimum absolute atomic E-state index is 0.160. The molecule has 5 nitrogen and oxygen atoms in total. The maximum atomic E-state index is 12.8. The monoisotopic (exact) mass is 355 g/mol. The molecule has 0 bridgehead atoms. The number of hydrogen-bond acceptors (Lipinski definition) is 4. The Morgan fingerprint density at radius 3 is 2.72 bits per heavy atom. The molecule has 0 atom stereocenters. The fraction of sp³-hybridized carbons (Fsp3) is 0.263. The van der Waals surface area contributed by atoms with E-state index in [0.29, 0.717) is 27.6 Å². The number of carbonyl (C=O) groups excluding carboxylic acids is 1. The predicted octanol–water partition coefficient (Wildman–Crippen LogP) is 3.63. The molecule has 25 heavy (non-hydrogen) atoms. The molecular formula is C19H18ClN3O2. The zero-order chi connectivity index (χ0) is 17.2. The van der Waals surface area contributed by atoms with Crippen molar-refractivity contribution in [1.29, 1.82) is 0 Å². The third kappa shape index (κ3) is 3.38.